The van der Waals surface area contributed by atoms with Gasteiger partial charge in [-0.2, -0.15) is 0 Å². The molecular weight excluding hydrogens is 328 g/mol. The van der Waals surface area contributed by atoms with E-state index in [-0.39, 0.29) is 5.91 Å². The van der Waals surface area contributed by atoms with Gasteiger partial charge in [0.2, 0.25) is 0 Å². The van der Waals surface area contributed by atoms with Gasteiger partial charge in [-0.05, 0) is 55.8 Å². The van der Waals surface area contributed by atoms with Crippen LogP contribution in [-0.2, 0) is 4.79 Å². The van der Waals surface area contributed by atoms with Gasteiger partial charge in [0.05, 0.1) is 5.02 Å². The van der Waals surface area contributed by atoms with Crippen LogP contribution in [0.4, 0.5) is 5.69 Å². The Hall–Kier alpha value is -2.24. The third-order valence-electron chi connectivity index (χ3n) is 3.27. The molecule has 0 saturated heterocycles. The van der Waals surface area contributed by atoms with E-state index in [0.29, 0.717) is 35.4 Å². The van der Waals surface area contributed by atoms with Crippen molar-refractivity contribution in [2.24, 2.45) is 5.73 Å². The van der Waals surface area contributed by atoms with E-state index in [9.17, 15) is 4.79 Å². The maximum Gasteiger partial charge on any atom is 0.265 e. The van der Waals surface area contributed by atoms with Gasteiger partial charge in [-0.1, -0.05) is 17.7 Å². The van der Waals surface area contributed by atoms with E-state index in [2.05, 4.69) is 5.32 Å². The van der Waals surface area contributed by atoms with E-state index >= 15 is 0 Å². The number of amides is 1. The number of carbonyl (C=O) groups excluding carboxylic acids is 1. The van der Waals surface area contributed by atoms with Crippen LogP contribution in [0.25, 0.3) is 0 Å². The van der Waals surface area contributed by atoms with Gasteiger partial charge in [0.15, 0.2) is 6.10 Å². The number of nitrogens with two attached hydrogens (primary N) is 1. The van der Waals surface area contributed by atoms with Crippen LogP contribution in [0.5, 0.6) is 11.5 Å². The summed E-state index contributed by atoms with van der Waals surface area (Å²) in [4.78, 5) is 12.2. The van der Waals surface area contributed by atoms with E-state index in [1.54, 1.807) is 43.3 Å². The zero-order valence-electron chi connectivity index (χ0n) is 13.7. The molecule has 0 aliphatic carbocycles. The first-order chi connectivity index (χ1) is 11.5. The van der Waals surface area contributed by atoms with Gasteiger partial charge in [0, 0.05) is 12.2 Å². The molecule has 1 atom stereocenters. The molecule has 128 valence electrons. The fourth-order valence-corrected chi connectivity index (χ4v) is 2.16. The number of anilines is 1. The molecule has 0 fully saturated rings. The van der Waals surface area contributed by atoms with Crippen LogP contribution >= 0.6 is 11.6 Å². The summed E-state index contributed by atoms with van der Waals surface area (Å²) < 4.78 is 11.0. The molecule has 0 aromatic heterocycles. The number of carbonyl (C=O) groups is 1. The van der Waals surface area contributed by atoms with Crippen molar-refractivity contribution in [3.05, 3.63) is 53.1 Å². The molecule has 2 aromatic carbocycles. The molecule has 2 aromatic rings. The predicted molar refractivity (Wildman–Crippen MR) is 95.9 cm³/mol. The lowest BCUT2D eigenvalue weighted by Crippen LogP contribution is -2.30. The minimum Gasteiger partial charge on any atom is -0.492 e. The Labute approximate surface area is 146 Å². The maximum absolute atomic E-state index is 12.2. The van der Waals surface area contributed by atoms with Crippen molar-refractivity contribution in [1.29, 1.82) is 0 Å². The second-order valence-corrected chi connectivity index (χ2v) is 5.75. The quantitative estimate of drug-likeness (QED) is 0.804. The lowest BCUT2D eigenvalue weighted by molar-refractivity contribution is -0.122. The van der Waals surface area contributed by atoms with Crippen molar-refractivity contribution in [3.63, 3.8) is 0 Å². The van der Waals surface area contributed by atoms with E-state index < -0.39 is 6.10 Å². The first-order valence-electron chi connectivity index (χ1n) is 7.66. The number of rotatable bonds is 7. The summed E-state index contributed by atoms with van der Waals surface area (Å²) in [6.07, 6.45) is -0.683. The molecule has 0 radical (unpaired) electrons. The second-order valence-electron chi connectivity index (χ2n) is 5.34. The topological polar surface area (TPSA) is 73.6 Å². The number of hydrogen-bond donors (Lipinski definition) is 2. The summed E-state index contributed by atoms with van der Waals surface area (Å²) in [6.45, 7) is 4.51. The third kappa shape index (κ3) is 5.15. The van der Waals surface area contributed by atoms with Crippen molar-refractivity contribution >= 4 is 23.2 Å². The summed E-state index contributed by atoms with van der Waals surface area (Å²) >= 11 is 6.08. The molecule has 5 nitrogen and oxygen atoms in total. The Balaban J connectivity index is 1.94. The van der Waals surface area contributed by atoms with Crippen LogP contribution in [0, 0.1) is 6.92 Å². The lowest BCUT2D eigenvalue weighted by atomic mass is 10.2. The fraction of sp³-hybridized carbons (Fsp3) is 0.278. The van der Waals surface area contributed by atoms with Crippen molar-refractivity contribution in [2.75, 3.05) is 18.5 Å². The highest BCUT2D eigenvalue weighted by Gasteiger charge is 2.16. The molecule has 1 unspecified atom stereocenters. The van der Waals surface area contributed by atoms with E-state index in [1.807, 2.05) is 13.0 Å². The van der Waals surface area contributed by atoms with E-state index in [0.717, 1.165) is 5.56 Å². The largest absolute Gasteiger partial charge is 0.492 e. The third-order valence-corrected chi connectivity index (χ3v) is 3.58. The molecule has 0 spiro atoms. The monoisotopic (exact) mass is 348 g/mol. The second kappa shape index (κ2) is 8.57. The van der Waals surface area contributed by atoms with Gasteiger partial charge >= 0.3 is 0 Å². The van der Waals surface area contributed by atoms with Crippen molar-refractivity contribution in [3.8, 4) is 11.5 Å². The first-order valence-corrected chi connectivity index (χ1v) is 8.04. The molecule has 1 amide bonds. The number of nitrogens with one attached hydrogen (secondary N) is 1. The highest BCUT2D eigenvalue weighted by atomic mass is 35.5. The van der Waals surface area contributed by atoms with Gasteiger partial charge in [-0.15, -0.1) is 0 Å². The molecule has 0 heterocycles. The summed E-state index contributed by atoms with van der Waals surface area (Å²) in [5.74, 6) is 0.933. The molecule has 0 aliphatic heterocycles. The van der Waals surface area contributed by atoms with Crippen LogP contribution in [0.3, 0.4) is 0 Å². The zero-order chi connectivity index (χ0) is 17.5. The Morgan fingerprint density at radius 3 is 2.62 bits per heavy atom. The Kier molecular flexibility index (Phi) is 6.46. The molecule has 6 heteroatoms. The van der Waals surface area contributed by atoms with E-state index in [4.69, 9.17) is 26.8 Å². The van der Waals surface area contributed by atoms with E-state index in [1.165, 1.54) is 0 Å². The Bertz CT molecular complexity index is 689. The van der Waals surface area contributed by atoms with Crippen LogP contribution in [0.15, 0.2) is 42.5 Å². The average Bonchev–Trinajstić information content (AvgIpc) is 2.57. The highest BCUT2D eigenvalue weighted by molar-refractivity contribution is 6.32. The summed E-state index contributed by atoms with van der Waals surface area (Å²) in [5.41, 5.74) is 7.05. The summed E-state index contributed by atoms with van der Waals surface area (Å²) in [6, 6.07) is 12.5. The van der Waals surface area contributed by atoms with Gasteiger partial charge in [0.1, 0.15) is 18.1 Å². The van der Waals surface area contributed by atoms with Crippen LogP contribution < -0.4 is 20.5 Å². The summed E-state index contributed by atoms with van der Waals surface area (Å²) in [5, 5.41) is 3.27. The smallest absolute Gasteiger partial charge is 0.265 e. The molecule has 0 saturated carbocycles. The normalized spacial score (nSPS) is 11.7. The van der Waals surface area contributed by atoms with Gasteiger partial charge in [-0.25, -0.2) is 0 Å². The fourth-order valence-electron chi connectivity index (χ4n) is 2.00. The number of aryl methyl sites for hydroxylation is 1. The predicted octanol–water partition coefficient (Wildman–Crippen LogP) is 3.39. The van der Waals surface area contributed by atoms with Gasteiger partial charge in [-0.3, -0.25) is 4.79 Å². The van der Waals surface area contributed by atoms with Crippen LogP contribution in [0.2, 0.25) is 5.02 Å². The summed E-state index contributed by atoms with van der Waals surface area (Å²) in [7, 11) is 0. The minimum atomic E-state index is -0.683. The van der Waals surface area contributed by atoms with Crippen molar-refractivity contribution < 1.29 is 14.3 Å². The Morgan fingerprint density at radius 1 is 1.25 bits per heavy atom. The molecule has 2 rings (SSSR count). The van der Waals surface area contributed by atoms with Gasteiger partial charge in [0.25, 0.3) is 5.91 Å². The van der Waals surface area contributed by atoms with Gasteiger partial charge < -0.3 is 20.5 Å². The first kappa shape index (κ1) is 18.1. The zero-order valence-corrected chi connectivity index (χ0v) is 14.5. The average molecular weight is 349 g/mol. The molecule has 0 bridgehead atoms. The molecule has 3 N–H and O–H groups in total. The molecule has 0 aliphatic rings. The molecular formula is C18H21ClN2O3. The SMILES string of the molecule is Cc1ccc(Cl)c(OC(C)C(=O)Nc2ccc(OCCN)cc2)c1. The number of benzene rings is 2. The Morgan fingerprint density at radius 2 is 1.96 bits per heavy atom. The number of hydrogen-bond acceptors (Lipinski definition) is 4. The van der Waals surface area contributed by atoms with Crippen LogP contribution in [-0.4, -0.2) is 25.2 Å². The standard InChI is InChI=1S/C18H21ClN2O3/c1-12-3-8-16(19)17(11-12)24-13(2)18(22)21-14-4-6-15(7-5-14)23-10-9-20/h3-8,11,13H,9-10,20H2,1-2H3,(H,21,22). The highest BCUT2D eigenvalue weighted by Crippen LogP contribution is 2.26. The molecule has 24 heavy (non-hydrogen) atoms. The van der Waals surface area contributed by atoms with Crippen molar-refractivity contribution in [2.45, 2.75) is 20.0 Å². The number of halogens is 1. The maximum atomic E-state index is 12.2. The van der Waals surface area contributed by atoms with Crippen molar-refractivity contribution in [1.82, 2.24) is 0 Å². The number of ether oxygens (including phenoxy) is 2. The lowest BCUT2D eigenvalue weighted by Gasteiger charge is -2.16. The van der Waals surface area contributed by atoms with Crippen LogP contribution in [0.1, 0.15) is 12.5 Å². The minimum absolute atomic E-state index is 0.261.